The maximum absolute atomic E-state index is 5.84. The Labute approximate surface area is 108 Å². The molecule has 2 rings (SSSR count). The van der Waals surface area contributed by atoms with Crippen molar-refractivity contribution in [3.8, 4) is 11.4 Å². The number of hydrogen-bond donors (Lipinski definition) is 2. The highest BCUT2D eigenvalue weighted by atomic mass is 14.9. The maximum atomic E-state index is 5.84. The minimum absolute atomic E-state index is 0.207. The van der Waals surface area contributed by atoms with E-state index < -0.39 is 0 Å². The van der Waals surface area contributed by atoms with Gasteiger partial charge in [-0.05, 0) is 31.0 Å². The van der Waals surface area contributed by atoms with Crippen LogP contribution in [0.2, 0.25) is 0 Å². The minimum atomic E-state index is 0.207. The first-order chi connectivity index (χ1) is 8.61. The molecule has 0 saturated carbocycles. The lowest BCUT2D eigenvalue weighted by Gasteiger charge is -2.18. The zero-order chi connectivity index (χ0) is 13.1. The molecule has 0 amide bonds. The second-order valence-corrected chi connectivity index (χ2v) is 4.92. The number of aromatic amines is 1. The summed E-state index contributed by atoms with van der Waals surface area (Å²) in [5.74, 6) is 1.49. The van der Waals surface area contributed by atoms with Crippen LogP contribution in [0.4, 0.5) is 0 Å². The Hall–Kier alpha value is -1.68. The van der Waals surface area contributed by atoms with Gasteiger partial charge in [0.2, 0.25) is 0 Å². The van der Waals surface area contributed by atoms with Gasteiger partial charge < -0.3 is 10.7 Å². The summed E-state index contributed by atoms with van der Waals surface area (Å²) in [5, 5.41) is 0. The van der Waals surface area contributed by atoms with Crippen molar-refractivity contribution in [1.82, 2.24) is 15.0 Å². The number of rotatable bonds is 4. The van der Waals surface area contributed by atoms with Crippen molar-refractivity contribution in [1.29, 1.82) is 0 Å². The van der Waals surface area contributed by atoms with Crippen LogP contribution in [-0.2, 0) is 0 Å². The molecule has 0 fully saturated rings. The summed E-state index contributed by atoms with van der Waals surface area (Å²) >= 11 is 0. The van der Waals surface area contributed by atoms with Gasteiger partial charge in [-0.3, -0.25) is 0 Å². The van der Waals surface area contributed by atoms with Gasteiger partial charge in [-0.15, -0.1) is 0 Å². The number of nitrogens with one attached hydrogen (secondary N) is 1. The van der Waals surface area contributed by atoms with Gasteiger partial charge in [0, 0.05) is 24.4 Å². The molecule has 0 aliphatic carbocycles. The summed E-state index contributed by atoms with van der Waals surface area (Å²) in [6, 6.07) is 5.97. The van der Waals surface area contributed by atoms with Gasteiger partial charge in [-0.2, -0.15) is 0 Å². The highest BCUT2D eigenvalue weighted by molar-refractivity contribution is 5.54. The molecule has 2 aromatic heterocycles. The number of hydrogen-bond acceptors (Lipinski definition) is 3. The lowest BCUT2D eigenvalue weighted by molar-refractivity contribution is 0.483. The molecule has 1 unspecified atom stereocenters. The first-order valence-corrected chi connectivity index (χ1v) is 6.31. The zero-order valence-corrected chi connectivity index (χ0v) is 11.1. The first kappa shape index (κ1) is 12.8. The largest absolute Gasteiger partial charge is 0.360 e. The Balaban J connectivity index is 2.44. The molecule has 2 aromatic rings. The van der Waals surface area contributed by atoms with Gasteiger partial charge in [-0.1, -0.05) is 13.8 Å². The number of aromatic nitrogens is 3. The van der Waals surface area contributed by atoms with E-state index in [0.717, 1.165) is 22.9 Å². The van der Waals surface area contributed by atoms with Crippen LogP contribution in [0.25, 0.3) is 11.4 Å². The lowest BCUT2D eigenvalue weighted by atomic mass is 9.95. The van der Waals surface area contributed by atoms with Crippen molar-refractivity contribution in [2.75, 3.05) is 6.54 Å². The van der Waals surface area contributed by atoms with E-state index in [1.54, 1.807) is 0 Å². The average molecular weight is 244 g/mol. The van der Waals surface area contributed by atoms with Crippen LogP contribution in [0.15, 0.2) is 24.4 Å². The quantitative estimate of drug-likeness (QED) is 0.868. The Kier molecular flexibility index (Phi) is 3.77. The highest BCUT2D eigenvalue weighted by Crippen LogP contribution is 2.23. The van der Waals surface area contributed by atoms with Crippen molar-refractivity contribution in [2.45, 2.75) is 26.7 Å². The van der Waals surface area contributed by atoms with Gasteiger partial charge >= 0.3 is 0 Å². The molecule has 4 nitrogen and oxygen atoms in total. The molecular weight excluding hydrogens is 224 g/mol. The Bertz CT molecular complexity index is 503. The molecule has 0 spiro atoms. The Morgan fingerprint density at radius 2 is 2.11 bits per heavy atom. The molecule has 0 aromatic carbocycles. The maximum Gasteiger partial charge on any atom is 0.133 e. The predicted octanol–water partition coefficient (Wildman–Crippen LogP) is 2.48. The van der Waals surface area contributed by atoms with Crippen LogP contribution in [0.5, 0.6) is 0 Å². The van der Waals surface area contributed by atoms with E-state index in [4.69, 9.17) is 5.73 Å². The zero-order valence-electron chi connectivity index (χ0n) is 11.1. The topological polar surface area (TPSA) is 67.6 Å². The second-order valence-electron chi connectivity index (χ2n) is 4.92. The van der Waals surface area contributed by atoms with Crippen molar-refractivity contribution >= 4 is 0 Å². The van der Waals surface area contributed by atoms with Crippen molar-refractivity contribution in [3.63, 3.8) is 0 Å². The van der Waals surface area contributed by atoms with E-state index in [-0.39, 0.29) is 5.92 Å². The van der Waals surface area contributed by atoms with Gasteiger partial charge in [0.25, 0.3) is 0 Å². The SMILES string of the molecule is Cc1cc(-c2ccc[nH]2)nc(C(CN)C(C)C)n1. The average Bonchev–Trinajstić information content (AvgIpc) is 2.82. The minimum Gasteiger partial charge on any atom is -0.360 e. The highest BCUT2D eigenvalue weighted by Gasteiger charge is 2.18. The molecule has 0 saturated heterocycles. The number of nitrogens with zero attached hydrogens (tertiary/aromatic N) is 2. The van der Waals surface area contributed by atoms with Crippen molar-refractivity contribution < 1.29 is 0 Å². The third kappa shape index (κ3) is 2.59. The molecule has 0 bridgehead atoms. The van der Waals surface area contributed by atoms with E-state index in [9.17, 15) is 0 Å². The fraction of sp³-hybridized carbons (Fsp3) is 0.429. The fourth-order valence-electron chi connectivity index (χ4n) is 2.06. The van der Waals surface area contributed by atoms with E-state index >= 15 is 0 Å². The summed E-state index contributed by atoms with van der Waals surface area (Å²) in [6.45, 7) is 6.87. The summed E-state index contributed by atoms with van der Waals surface area (Å²) in [4.78, 5) is 12.3. The summed E-state index contributed by atoms with van der Waals surface area (Å²) in [5.41, 5.74) is 8.76. The van der Waals surface area contributed by atoms with Crippen LogP contribution in [-0.4, -0.2) is 21.5 Å². The Morgan fingerprint density at radius 3 is 2.67 bits per heavy atom. The molecule has 0 aliphatic heterocycles. The Morgan fingerprint density at radius 1 is 1.33 bits per heavy atom. The van der Waals surface area contributed by atoms with Gasteiger partial charge in [0.1, 0.15) is 5.82 Å². The molecule has 3 N–H and O–H groups in total. The normalized spacial score (nSPS) is 12.9. The third-order valence-electron chi connectivity index (χ3n) is 3.14. The summed E-state index contributed by atoms with van der Waals surface area (Å²) in [7, 11) is 0. The number of aryl methyl sites for hydroxylation is 1. The van der Waals surface area contributed by atoms with Crippen molar-refractivity contribution in [2.24, 2.45) is 11.7 Å². The van der Waals surface area contributed by atoms with E-state index in [1.807, 2.05) is 31.3 Å². The smallest absolute Gasteiger partial charge is 0.133 e. The molecule has 4 heteroatoms. The molecule has 18 heavy (non-hydrogen) atoms. The van der Waals surface area contributed by atoms with Gasteiger partial charge in [0.15, 0.2) is 0 Å². The molecular formula is C14H20N4. The second kappa shape index (κ2) is 5.31. The number of H-pyrrole nitrogens is 1. The molecule has 0 aliphatic rings. The lowest BCUT2D eigenvalue weighted by Crippen LogP contribution is -2.20. The summed E-state index contributed by atoms with van der Waals surface area (Å²) in [6.07, 6.45) is 1.90. The van der Waals surface area contributed by atoms with E-state index in [0.29, 0.717) is 12.5 Å². The molecule has 2 heterocycles. The van der Waals surface area contributed by atoms with Crippen LogP contribution < -0.4 is 5.73 Å². The molecule has 0 radical (unpaired) electrons. The van der Waals surface area contributed by atoms with Crippen molar-refractivity contribution in [3.05, 3.63) is 35.9 Å². The number of nitrogens with two attached hydrogens (primary N) is 1. The monoisotopic (exact) mass is 244 g/mol. The van der Waals surface area contributed by atoms with E-state index in [2.05, 4.69) is 28.8 Å². The van der Waals surface area contributed by atoms with Crippen LogP contribution in [0.1, 0.15) is 31.3 Å². The molecule has 96 valence electrons. The van der Waals surface area contributed by atoms with E-state index in [1.165, 1.54) is 0 Å². The van der Waals surface area contributed by atoms with Gasteiger partial charge in [0.05, 0.1) is 11.4 Å². The van der Waals surface area contributed by atoms with Crippen LogP contribution in [0, 0.1) is 12.8 Å². The molecule has 1 atom stereocenters. The first-order valence-electron chi connectivity index (χ1n) is 6.31. The van der Waals surface area contributed by atoms with Gasteiger partial charge in [-0.25, -0.2) is 9.97 Å². The van der Waals surface area contributed by atoms with Crippen LogP contribution in [0.3, 0.4) is 0 Å². The van der Waals surface area contributed by atoms with Crippen LogP contribution >= 0.6 is 0 Å². The standard InChI is InChI=1S/C14H20N4/c1-9(2)11(8-15)14-17-10(3)7-13(18-14)12-5-4-6-16-12/h4-7,9,11,16H,8,15H2,1-3H3. The fourth-order valence-corrected chi connectivity index (χ4v) is 2.06. The third-order valence-corrected chi connectivity index (χ3v) is 3.14. The summed E-state index contributed by atoms with van der Waals surface area (Å²) < 4.78 is 0. The predicted molar refractivity (Wildman–Crippen MR) is 73.2 cm³/mol.